The molecule has 0 saturated carbocycles. The lowest BCUT2D eigenvalue weighted by Crippen LogP contribution is -2.31. The number of hydrogen-bond donors (Lipinski definition) is 2. The molecule has 0 bridgehead atoms. The Bertz CT molecular complexity index is 1090. The Labute approximate surface area is 180 Å². The molecule has 1 atom stereocenters. The van der Waals surface area contributed by atoms with E-state index >= 15 is 0 Å². The van der Waals surface area contributed by atoms with Crippen LogP contribution in [0.25, 0.3) is 0 Å². The van der Waals surface area contributed by atoms with E-state index in [9.17, 15) is 13.2 Å². The van der Waals surface area contributed by atoms with Gasteiger partial charge >= 0.3 is 0 Å². The first-order valence-electron chi connectivity index (χ1n) is 9.19. The summed E-state index contributed by atoms with van der Waals surface area (Å²) in [7, 11) is -3.71. The van der Waals surface area contributed by atoms with Gasteiger partial charge in [0.2, 0.25) is 0 Å². The minimum Gasteiger partial charge on any atom is -0.484 e. The summed E-state index contributed by atoms with van der Waals surface area (Å²) in [5.41, 5.74) is 1.40. The topological polar surface area (TPSA) is 84.5 Å². The lowest BCUT2D eigenvalue weighted by molar-refractivity contribution is -0.123. The van der Waals surface area contributed by atoms with Crippen LogP contribution in [0.3, 0.4) is 0 Å². The largest absolute Gasteiger partial charge is 0.484 e. The molecule has 0 spiro atoms. The molecular formula is C22H21ClN2O4S. The zero-order valence-corrected chi connectivity index (χ0v) is 17.8. The summed E-state index contributed by atoms with van der Waals surface area (Å²) in [6.45, 7) is 1.67. The number of halogens is 1. The maximum absolute atomic E-state index is 12.4. The van der Waals surface area contributed by atoms with Gasteiger partial charge in [0.15, 0.2) is 6.61 Å². The third-order valence-electron chi connectivity index (χ3n) is 4.28. The number of ether oxygens (including phenoxy) is 1. The summed E-state index contributed by atoms with van der Waals surface area (Å²) >= 11 is 5.87. The highest BCUT2D eigenvalue weighted by molar-refractivity contribution is 7.92. The first-order chi connectivity index (χ1) is 14.3. The van der Waals surface area contributed by atoms with E-state index < -0.39 is 10.0 Å². The molecule has 0 aliphatic carbocycles. The number of para-hydroxylation sites is 1. The number of carbonyl (C=O) groups excluding carboxylic acids is 1. The van der Waals surface area contributed by atoms with Crippen molar-refractivity contribution in [1.29, 1.82) is 0 Å². The van der Waals surface area contributed by atoms with Crippen molar-refractivity contribution in [2.75, 3.05) is 11.3 Å². The molecule has 3 aromatic carbocycles. The first-order valence-corrected chi connectivity index (χ1v) is 11.1. The number of nitrogens with one attached hydrogen (secondary N) is 2. The molecule has 0 saturated heterocycles. The highest BCUT2D eigenvalue weighted by Gasteiger charge is 2.15. The van der Waals surface area contributed by atoms with Crippen LogP contribution in [-0.2, 0) is 14.8 Å². The van der Waals surface area contributed by atoms with Gasteiger partial charge in [0.1, 0.15) is 5.75 Å². The fraction of sp³-hybridized carbons (Fsp3) is 0.136. The second-order valence-electron chi connectivity index (χ2n) is 6.57. The van der Waals surface area contributed by atoms with Gasteiger partial charge in [-0.25, -0.2) is 8.42 Å². The van der Waals surface area contributed by atoms with Gasteiger partial charge in [-0.1, -0.05) is 41.9 Å². The predicted molar refractivity (Wildman–Crippen MR) is 117 cm³/mol. The lowest BCUT2D eigenvalue weighted by atomic mass is 10.1. The molecule has 2 N–H and O–H groups in total. The summed E-state index contributed by atoms with van der Waals surface area (Å²) in [5, 5.41) is 3.47. The number of amides is 1. The predicted octanol–water partition coefficient (Wildman–Crippen LogP) is 4.40. The minimum atomic E-state index is -3.71. The van der Waals surface area contributed by atoms with Crippen molar-refractivity contribution in [1.82, 2.24) is 5.32 Å². The second kappa shape index (κ2) is 9.65. The zero-order valence-electron chi connectivity index (χ0n) is 16.2. The van der Waals surface area contributed by atoms with E-state index in [1.54, 1.807) is 42.5 Å². The van der Waals surface area contributed by atoms with E-state index in [-0.39, 0.29) is 23.5 Å². The van der Waals surface area contributed by atoms with E-state index in [1.165, 1.54) is 24.3 Å². The normalized spacial score (nSPS) is 12.1. The van der Waals surface area contributed by atoms with Crippen LogP contribution in [0.5, 0.6) is 5.75 Å². The van der Waals surface area contributed by atoms with Crippen LogP contribution in [0.4, 0.5) is 5.69 Å². The fourth-order valence-electron chi connectivity index (χ4n) is 2.70. The number of sulfonamides is 1. The van der Waals surface area contributed by atoms with Gasteiger partial charge in [-0.2, -0.15) is 0 Å². The Kier molecular flexibility index (Phi) is 6.97. The molecule has 1 amide bonds. The van der Waals surface area contributed by atoms with Crippen LogP contribution >= 0.6 is 11.6 Å². The standard InChI is InChI=1S/C22H21ClN2O4S/c1-16(17-7-9-18(23)10-8-17)24-22(26)15-29-20-11-13-21(14-12-20)30(27,28)25-19-5-3-2-4-6-19/h2-14,16,25H,15H2,1H3,(H,24,26)/t16-/m1/s1. The summed E-state index contributed by atoms with van der Waals surface area (Å²) < 4.78 is 32.8. The third kappa shape index (κ3) is 5.98. The number of carbonyl (C=O) groups is 1. The van der Waals surface area contributed by atoms with Crippen LogP contribution in [0.15, 0.2) is 83.8 Å². The van der Waals surface area contributed by atoms with Crippen LogP contribution in [0, 0.1) is 0 Å². The molecule has 0 heterocycles. The molecule has 6 nitrogen and oxygen atoms in total. The number of anilines is 1. The Hall–Kier alpha value is -3.03. The van der Waals surface area contributed by atoms with Gasteiger partial charge in [-0.05, 0) is 61.0 Å². The quantitative estimate of drug-likeness (QED) is 0.539. The average molecular weight is 445 g/mol. The molecule has 0 unspecified atom stereocenters. The molecule has 0 aliphatic rings. The van der Waals surface area contributed by atoms with Gasteiger partial charge in [0.25, 0.3) is 15.9 Å². The van der Waals surface area contributed by atoms with E-state index in [0.29, 0.717) is 16.5 Å². The number of benzene rings is 3. The number of rotatable bonds is 8. The maximum Gasteiger partial charge on any atom is 0.261 e. The monoisotopic (exact) mass is 444 g/mol. The summed E-state index contributed by atoms with van der Waals surface area (Å²) in [6.07, 6.45) is 0. The Morgan fingerprint density at radius 1 is 0.967 bits per heavy atom. The van der Waals surface area contributed by atoms with Crippen molar-refractivity contribution in [3.8, 4) is 5.75 Å². The molecule has 30 heavy (non-hydrogen) atoms. The molecular weight excluding hydrogens is 424 g/mol. The van der Waals surface area contributed by atoms with Gasteiger partial charge in [0, 0.05) is 10.7 Å². The molecule has 3 rings (SSSR count). The highest BCUT2D eigenvalue weighted by Crippen LogP contribution is 2.19. The third-order valence-corrected chi connectivity index (χ3v) is 5.93. The van der Waals surface area contributed by atoms with Crippen LogP contribution in [-0.4, -0.2) is 20.9 Å². The molecule has 3 aromatic rings. The average Bonchev–Trinajstić information content (AvgIpc) is 2.73. The Balaban J connectivity index is 1.54. The van der Waals surface area contributed by atoms with E-state index in [1.807, 2.05) is 19.1 Å². The van der Waals surface area contributed by atoms with Crippen molar-refractivity contribution in [3.05, 3.63) is 89.4 Å². The van der Waals surface area contributed by atoms with Crippen LogP contribution in [0.1, 0.15) is 18.5 Å². The summed E-state index contributed by atoms with van der Waals surface area (Å²) in [5.74, 6) is 0.0999. The van der Waals surface area contributed by atoms with Crippen LogP contribution in [0.2, 0.25) is 5.02 Å². The smallest absolute Gasteiger partial charge is 0.261 e. The summed E-state index contributed by atoms with van der Waals surface area (Å²) in [6, 6.07) is 21.5. The highest BCUT2D eigenvalue weighted by atomic mass is 35.5. The molecule has 0 aromatic heterocycles. The van der Waals surface area contributed by atoms with Gasteiger partial charge < -0.3 is 10.1 Å². The minimum absolute atomic E-state index is 0.0968. The Morgan fingerprint density at radius 2 is 1.60 bits per heavy atom. The zero-order chi connectivity index (χ0) is 21.6. The molecule has 8 heteroatoms. The van der Waals surface area contributed by atoms with E-state index in [0.717, 1.165) is 5.56 Å². The van der Waals surface area contributed by atoms with E-state index in [2.05, 4.69) is 10.0 Å². The first kappa shape index (κ1) is 21.7. The van der Waals surface area contributed by atoms with Crippen molar-refractivity contribution < 1.29 is 17.9 Å². The second-order valence-corrected chi connectivity index (χ2v) is 8.69. The van der Waals surface area contributed by atoms with Crippen molar-refractivity contribution >= 4 is 33.2 Å². The van der Waals surface area contributed by atoms with Gasteiger partial charge in [-0.3, -0.25) is 9.52 Å². The molecule has 156 valence electrons. The Morgan fingerprint density at radius 3 is 2.23 bits per heavy atom. The van der Waals surface area contributed by atoms with Gasteiger partial charge in [-0.15, -0.1) is 0 Å². The van der Waals surface area contributed by atoms with Crippen molar-refractivity contribution in [2.45, 2.75) is 17.9 Å². The summed E-state index contributed by atoms with van der Waals surface area (Å²) in [4.78, 5) is 12.2. The molecule has 0 aliphatic heterocycles. The SMILES string of the molecule is C[C@@H](NC(=O)COc1ccc(S(=O)(=O)Nc2ccccc2)cc1)c1ccc(Cl)cc1. The molecule has 0 radical (unpaired) electrons. The van der Waals surface area contributed by atoms with Crippen LogP contribution < -0.4 is 14.8 Å². The number of hydrogen-bond acceptors (Lipinski definition) is 4. The maximum atomic E-state index is 12.4. The van der Waals surface area contributed by atoms with Crippen molar-refractivity contribution in [3.63, 3.8) is 0 Å². The van der Waals surface area contributed by atoms with E-state index in [4.69, 9.17) is 16.3 Å². The van der Waals surface area contributed by atoms with Gasteiger partial charge in [0.05, 0.1) is 10.9 Å². The fourth-order valence-corrected chi connectivity index (χ4v) is 3.89. The lowest BCUT2D eigenvalue weighted by Gasteiger charge is -2.15. The van der Waals surface area contributed by atoms with Crippen molar-refractivity contribution in [2.24, 2.45) is 0 Å². The molecule has 0 fully saturated rings.